The van der Waals surface area contributed by atoms with Gasteiger partial charge >= 0.3 is 0 Å². The molecular formula is C14H12N2O2S2. The zero-order valence-electron chi connectivity index (χ0n) is 10.8. The lowest BCUT2D eigenvalue weighted by atomic mass is 10.2. The van der Waals surface area contributed by atoms with Gasteiger partial charge in [0.05, 0.1) is 17.7 Å². The Kier molecular flexibility index (Phi) is 3.52. The lowest BCUT2D eigenvalue weighted by molar-refractivity contribution is 0.185. The van der Waals surface area contributed by atoms with Crippen LogP contribution in [0, 0.1) is 4.77 Å². The van der Waals surface area contributed by atoms with Gasteiger partial charge in [-0.1, -0.05) is 12.1 Å². The maximum atomic E-state index is 12.5. The monoisotopic (exact) mass is 304 g/mol. The topological polar surface area (TPSA) is 47.0 Å². The summed E-state index contributed by atoms with van der Waals surface area (Å²) in [5.74, 6) is 0. The Labute approximate surface area is 124 Å². The van der Waals surface area contributed by atoms with Crippen molar-refractivity contribution >= 4 is 33.8 Å². The molecule has 0 amide bonds. The van der Waals surface area contributed by atoms with E-state index in [2.05, 4.69) is 4.98 Å². The molecule has 0 aliphatic carbocycles. The van der Waals surface area contributed by atoms with E-state index in [-0.39, 0.29) is 5.56 Å². The first kappa shape index (κ1) is 13.2. The SMILES string of the molecule is COCc1cccc(-n2c(=S)[nH]c3sccc3c2=O)c1. The summed E-state index contributed by atoms with van der Waals surface area (Å²) >= 11 is 6.78. The van der Waals surface area contributed by atoms with E-state index in [1.807, 2.05) is 35.7 Å². The Morgan fingerprint density at radius 3 is 3.05 bits per heavy atom. The standard InChI is InChI=1S/C14H12N2O2S2/c1-18-8-9-3-2-4-10(7-9)16-13(17)11-5-6-20-12(11)15-14(16)19/h2-7H,8H2,1H3,(H,15,19). The van der Waals surface area contributed by atoms with Gasteiger partial charge in [-0.05, 0) is 41.4 Å². The molecular weight excluding hydrogens is 292 g/mol. The minimum atomic E-state index is -0.0976. The van der Waals surface area contributed by atoms with E-state index < -0.39 is 0 Å². The summed E-state index contributed by atoms with van der Waals surface area (Å²) in [5.41, 5.74) is 1.65. The number of thiophene rings is 1. The van der Waals surface area contributed by atoms with Crippen molar-refractivity contribution in [2.24, 2.45) is 0 Å². The second-order valence-electron chi connectivity index (χ2n) is 4.34. The average Bonchev–Trinajstić information content (AvgIpc) is 2.88. The van der Waals surface area contributed by atoms with E-state index in [9.17, 15) is 4.79 Å². The van der Waals surface area contributed by atoms with Crippen molar-refractivity contribution in [3.63, 3.8) is 0 Å². The van der Waals surface area contributed by atoms with Crippen LogP contribution in [-0.4, -0.2) is 16.7 Å². The highest BCUT2D eigenvalue weighted by atomic mass is 32.1. The molecule has 0 radical (unpaired) electrons. The molecule has 0 atom stereocenters. The number of hydrogen-bond donors (Lipinski definition) is 1. The third kappa shape index (κ3) is 2.22. The van der Waals surface area contributed by atoms with Crippen LogP contribution in [0.2, 0.25) is 0 Å². The summed E-state index contributed by atoms with van der Waals surface area (Å²) in [6.07, 6.45) is 0. The van der Waals surface area contributed by atoms with Gasteiger partial charge in [0, 0.05) is 7.11 Å². The van der Waals surface area contributed by atoms with Crippen molar-refractivity contribution in [3.8, 4) is 5.69 Å². The van der Waals surface area contributed by atoms with Crippen molar-refractivity contribution in [2.45, 2.75) is 6.61 Å². The van der Waals surface area contributed by atoms with E-state index in [1.54, 1.807) is 7.11 Å². The van der Waals surface area contributed by atoms with Crippen molar-refractivity contribution < 1.29 is 4.74 Å². The Bertz CT molecular complexity index is 877. The molecule has 0 aliphatic heterocycles. The Morgan fingerprint density at radius 2 is 2.25 bits per heavy atom. The highest BCUT2D eigenvalue weighted by Gasteiger charge is 2.08. The van der Waals surface area contributed by atoms with E-state index >= 15 is 0 Å². The smallest absolute Gasteiger partial charge is 0.267 e. The lowest BCUT2D eigenvalue weighted by Gasteiger charge is -2.08. The van der Waals surface area contributed by atoms with E-state index in [4.69, 9.17) is 17.0 Å². The van der Waals surface area contributed by atoms with Gasteiger partial charge in [-0.25, -0.2) is 0 Å². The number of hydrogen-bond acceptors (Lipinski definition) is 4. The number of methoxy groups -OCH3 is 1. The molecule has 6 heteroatoms. The number of aromatic nitrogens is 2. The van der Waals surface area contributed by atoms with E-state index in [0.717, 1.165) is 16.1 Å². The Hall–Kier alpha value is -1.76. The maximum absolute atomic E-state index is 12.5. The molecule has 0 aliphatic rings. The third-order valence-electron chi connectivity index (χ3n) is 3.00. The molecule has 1 N–H and O–H groups in total. The summed E-state index contributed by atoms with van der Waals surface area (Å²) < 4.78 is 7.04. The molecule has 3 rings (SSSR count). The number of nitrogens with one attached hydrogen (secondary N) is 1. The molecule has 2 aromatic heterocycles. The molecule has 0 unspecified atom stereocenters. The molecule has 1 aromatic carbocycles. The molecule has 0 bridgehead atoms. The van der Waals surface area contributed by atoms with Crippen molar-refractivity contribution in [2.75, 3.05) is 7.11 Å². The number of fused-ring (bicyclic) bond motifs is 1. The number of rotatable bonds is 3. The van der Waals surface area contributed by atoms with Crippen LogP contribution in [0.15, 0.2) is 40.5 Å². The predicted molar refractivity (Wildman–Crippen MR) is 83.3 cm³/mol. The molecule has 0 fully saturated rings. The quantitative estimate of drug-likeness (QED) is 0.756. The van der Waals surface area contributed by atoms with E-state index in [0.29, 0.717) is 16.8 Å². The fourth-order valence-corrected chi connectivity index (χ4v) is 3.26. The van der Waals surface area contributed by atoms with Crippen molar-refractivity contribution in [3.05, 3.63) is 56.4 Å². The number of ether oxygens (including phenoxy) is 1. The number of nitrogens with zero attached hydrogens (tertiary/aromatic N) is 1. The minimum Gasteiger partial charge on any atom is -0.380 e. The van der Waals surface area contributed by atoms with Crippen LogP contribution in [-0.2, 0) is 11.3 Å². The molecule has 20 heavy (non-hydrogen) atoms. The molecule has 3 aromatic rings. The fraction of sp³-hybridized carbons (Fsp3) is 0.143. The molecule has 102 valence electrons. The summed E-state index contributed by atoms with van der Waals surface area (Å²) in [6.45, 7) is 0.500. The lowest BCUT2D eigenvalue weighted by Crippen LogP contribution is -2.19. The predicted octanol–water partition coefficient (Wildman–Crippen LogP) is 3.26. The number of H-pyrrole nitrogens is 1. The first-order chi connectivity index (χ1) is 9.70. The van der Waals surface area contributed by atoms with Crippen molar-refractivity contribution in [1.82, 2.24) is 9.55 Å². The minimum absolute atomic E-state index is 0.0976. The normalized spacial score (nSPS) is 11.1. The van der Waals surface area contributed by atoms with E-state index in [1.165, 1.54) is 15.9 Å². The van der Waals surface area contributed by atoms with Crippen LogP contribution >= 0.6 is 23.6 Å². The highest BCUT2D eigenvalue weighted by Crippen LogP contribution is 2.16. The molecule has 0 spiro atoms. The Balaban J connectivity index is 2.26. The zero-order chi connectivity index (χ0) is 14.1. The second kappa shape index (κ2) is 5.32. The van der Waals surface area contributed by atoms with Crippen LogP contribution in [0.1, 0.15) is 5.56 Å². The average molecular weight is 304 g/mol. The fourth-order valence-electron chi connectivity index (χ4n) is 2.13. The molecule has 2 heterocycles. The van der Waals surface area contributed by atoms with Gasteiger partial charge in [-0.15, -0.1) is 11.3 Å². The second-order valence-corrected chi connectivity index (χ2v) is 5.64. The Morgan fingerprint density at radius 1 is 1.40 bits per heavy atom. The van der Waals surface area contributed by atoms with Gasteiger partial charge in [-0.3, -0.25) is 9.36 Å². The number of aromatic amines is 1. The maximum Gasteiger partial charge on any atom is 0.267 e. The zero-order valence-corrected chi connectivity index (χ0v) is 12.4. The van der Waals surface area contributed by atoms with Gasteiger partial charge in [0.2, 0.25) is 0 Å². The molecule has 0 saturated heterocycles. The number of benzene rings is 1. The van der Waals surface area contributed by atoms with Crippen LogP contribution in [0.3, 0.4) is 0 Å². The largest absolute Gasteiger partial charge is 0.380 e. The van der Waals surface area contributed by atoms with Crippen molar-refractivity contribution in [1.29, 1.82) is 0 Å². The summed E-state index contributed by atoms with van der Waals surface area (Å²) in [5, 5.41) is 2.53. The van der Waals surface area contributed by atoms with Crippen LogP contribution in [0.5, 0.6) is 0 Å². The van der Waals surface area contributed by atoms with Crippen LogP contribution in [0.25, 0.3) is 15.9 Å². The van der Waals surface area contributed by atoms with Gasteiger partial charge in [-0.2, -0.15) is 0 Å². The first-order valence-electron chi connectivity index (χ1n) is 6.01. The highest BCUT2D eigenvalue weighted by molar-refractivity contribution is 7.71. The van der Waals surface area contributed by atoms with Crippen LogP contribution in [0.4, 0.5) is 0 Å². The first-order valence-corrected chi connectivity index (χ1v) is 7.30. The molecule has 4 nitrogen and oxygen atoms in total. The van der Waals surface area contributed by atoms with Gasteiger partial charge in [0.15, 0.2) is 4.77 Å². The molecule has 0 saturated carbocycles. The van der Waals surface area contributed by atoms with Gasteiger partial charge < -0.3 is 9.72 Å². The summed E-state index contributed by atoms with van der Waals surface area (Å²) in [4.78, 5) is 16.4. The van der Waals surface area contributed by atoms with Gasteiger partial charge in [0.1, 0.15) is 4.83 Å². The van der Waals surface area contributed by atoms with Gasteiger partial charge in [0.25, 0.3) is 5.56 Å². The van der Waals surface area contributed by atoms with Crippen LogP contribution < -0.4 is 5.56 Å². The summed E-state index contributed by atoms with van der Waals surface area (Å²) in [6, 6.07) is 9.43. The third-order valence-corrected chi connectivity index (χ3v) is 4.12. The summed E-state index contributed by atoms with van der Waals surface area (Å²) in [7, 11) is 1.64.